The van der Waals surface area contributed by atoms with E-state index in [9.17, 15) is 21.9 Å². The van der Waals surface area contributed by atoms with Gasteiger partial charge in [0.15, 0.2) is 5.90 Å². The third-order valence-electron chi connectivity index (χ3n) is 3.57. The van der Waals surface area contributed by atoms with Crippen LogP contribution < -0.4 is 0 Å². The van der Waals surface area contributed by atoms with Crippen molar-refractivity contribution in [1.82, 2.24) is 4.31 Å². The van der Waals surface area contributed by atoms with Gasteiger partial charge < -0.3 is 14.6 Å². The molecule has 0 amide bonds. The average Bonchev–Trinajstić information content (AvgIpc) is 3.00. The van der Waals surface area contributed by atoms with Crippen LogP contribution in [0.1, 0.15) is 25.0 Å². The van der Waals surface area contributed by atoms with Gasteiger partial charge in [-0.05, 0) is 12.5 Å². The number of nitrogens with zero attached hydrogens (tertiary/aromatic N) is 2. The lowest BCUT2D eigenvalue weighted by atomic mass is 10.2. The first kappa shape index (κ1) is 20.3. The fourth-order valence-electron chi connectivity index (χ4n) is 2.28. The Morgan fingerprint density at radius 1 is 1.48 bits per heavy atom. The Kier molecular flexibility index (Phi) is 6.22. The SMILES string of the molecule is COCCCN1C[C@@H](O)c2cc(S(=O)(=O)N=C(C)OC)sc2S1(=O)=O. The summed E-state index contributed by atoms with van der Waals surface area (Å²) in [6.45, 7) is 1.79. The summed E-state index contributed by atoms with van der Waals surface area (Å²) in [6.07, 6.45) is -0.639. The summed E-state index contributed by atoms with van der Waals surface area (Å²) in [6, 6.07) is 1.16. The zero-order valence-electron chi connectivity index (χ0n) is 14.0. The number of hydrogen-bond acceptors (Lipinski definition) is 8. The lowest BCUT2D eigenvalue weighted by Crippen LogP contribution is -2.39. The second kappa shape index (κ2) is 7.68. The number of thiophene rings is 1. The van der Waals surface area contributed by atoms with Gasteiger partial charge in [0.1, 0.15) is 8.42 Å². The van der Waals surface area contributed by atoms with E-state index in [1.807, 2.05) is 0 Å². The molecule has 0 unspecified atom stereocenters. The highest BCUT2D eigenvalue weighted by Crippen LogP contribution is 2.40. The van der Waals surface area contributed by atoms with Crippen LogP contribution in [0.4, 0.5) is 0 Å². The van der Waals surface area contributed by atoms with E-state index in [4.69, 9.17) is 9.47 Å². The zero-order valence-corrected chi connectivity index (χ0v) is 16.4. The predicted molar refractivity (Wildman–Crippen MR) is 91.8 cm³/mol. The van der Waals surface area contributed by atoms with Crippen molar-refractivity contribution in [2.75, 3.05) is 33.9 Å². The maximum Gasteiger partial charge on any atom is 0.294 e. The lowest BCUT2D eigenvalue weighted by molar-refractivity contribution is 0.131. The summed E-state index contributed by atoms with van der Waals surface area (Å²) in [5.41, 5.74) is 0.0804. The second-order valence-corrected chi connectivity index (χ2v) is 10.3. The molecule has 12 heteroatoms. The van der Waals surface area contributed by atoms with Gasteiger partial charge in [-0.3, -0.25) is 0 Å². The number of aliphatic hydroxyl groups is 1. The van der Waals surface area contributed by atoms with Gasteiger partial charge >= 0.3 is 0 Å². The van der Waals surface area contributed by atoms with Crippen molar-refractivity contribution < 1.29 is 31.4 Å². The number of β-amino-alcohol motifs (C(OH)–C–C–N with tert-alkyl or cyclic N) is 1. The largest absolute Gasteiger partial charge is 0.484 e. The van der Waals surface area contributed by atoms with Crippen LogP contribution in [0.15, 0.2) is 18.9 Å². The predicted octanol–water partition coefficient (Wildman–Crippen LogP) is 0.576. The molecule has 0 saturated heterocycles. The lowest BCUT2D eigenvalue weighted by Gasteiger charge is -2.29. The van der Waals surface area contributed by atoms with E-state index in [1.54, 1.807) is 0 Å². The van der Waals surface area contributed by atoms with Crippen molar-refractivity contribution in [2.24, 2.45) is 4.40 Å². The molecule has 1 N–H and O–H groups in total. The molecule has 0 aliphatic carbocycles. The zero-order chi connectivity index (χ0) is 18.8. The molecule has 142 valence electrons. The van der Waals surface area contributed by atoms with Crippen LogP contribution in [-0.2, 0) is 29.5 Å². The Balaban J connectivity index is 2.43. The van der Waals surface area contributed by atoms with Crippen molar-refractivity contribution in [3.8, 4) is 0 Å². The molecule has 0 bridgehead atoms. The Hall–Kier alpha value is -1.05. The Labute approximate surface area is 151 Å². The maximum absolute atomic E-state index is 12.7. The summed E-state index contributed by atoms with van der Waals surface area (Å²) < 4.78 is 63.7. The Bertz CT molecular complexity index is 858. The van der Waals surface area contributed by atoms with Crippen molar-refractivity contribution >= 4 is 37.3 Å². The number of fused-ring (bicyclic) bond motifs is 1. The third kappa shape index (κ3) is 4.20. The first-order valence-corrected chi connectivity index (χ1v) is 11.0. The highest BCUT2D eigenvalue weighted by atomic mass is 32.3. The normalized spacial score (nSPS) is 21.1. The van der Waals surface area contributed by atoms with Gasteiger partial charge in [0.25, 0.3) is 20.0 Å². The van der Waals surface area contributed by atoms with Gasteiger partial charge in [0.05, 0.1) is 13.2 Å². The van der Waals surface area contributed by atoms with Crippen LogP contribution in [0.3, 0.4) is 0 Å². The minimum absolute atomic E-state index is 0.0732. The van der Waals surface area contributed by atoms with E-state index < -0.39 is 26.2 Å². The number of rotatable bonds is 6. The van der Waals surface area contributed by atoms with Crippen LogP contribution in [0.5, 0.6) is 0 Å². The minimum atomic E-state index is -4.11. The summed E-state index contributed by atoms with van der Waals surface area (Å²) in [7, 11) is -5.20. The maximum atomic E-state index is 12.7. The molecule has 0 saturated carbocycles. The molecular weight excluding hydrogens is 392 g/mol. The molecule has 2 heterocycles. The molecule has 9 nitrogen and oxygen atoms in total. The first-order chi connectivity index (χ1) is 11.6. The monoisotopic (exact) mass is 412 g/mol. The van der Waals surface area contributed by atoms with Crippen molar-refractivity contribution in [1.29, 1.82) is 0 Å². The standard InChI is InChI=1S/C13H20N2O7S3/c1-9(22-3)14-24(17,18)12-7-10-11(16)8-15(5-4-6-21-2)25(19,20)13(10)23-12/h7,11,16H,4-6,8H2,1-3H3/t11-/m1/s1. The van der Waals surface area contributed by atoms with E-state index in [0.29, 0.717) is 24.4 Å². The number of methoxy groups -OCH3 is 2. The third-order valence-corrected chi connectivity index (χ3v) is 8.91. The Morgan fingerprint density at radius 3 is 2.76 bits per heavy atom. The van der Waals surface area contributed by atoms with Gasteiger partial charge in [-0.25, -0.2) is 8.42 Å². The topological polar surface area (TPSA) is 123 Å². The molecule has 2 rings (SSSR count). The molecule has 0 fully saturated rings. The number of sulfonamides is 2. The van der Waals surface area contributed by atoms with Crippen molar-refractivity contribution in [2.45, 2.75) is 27.9 Å². The average molecular weight is 413 g/mol. The van der Waals surface area contributed by atoms with Crippen LogP contribution in [0, 0.1) is 0 Å². The Morgan fingerprint density at radius 2 is 2.16 bits per heavy atom. The van der Waals surface area contributed by atoms with E-state index in [1.165, 1.54) is 21.1 Å². The highest BCUT2D eigenvalue weighted by Gasteiger charge is 2.39. The minimum Gasteiger partial charge on any atom is -0.484 e. The van der Waals surface area contributed by atoms with Gasteiger partial charge in [-0.15, -0.1) is 15.7 Å². The van der Waals surface area contributed by atoms with E-state index in [0.717, 1.165) is 10.4 Å². The second-order valence-electron chi connectivity index (χ2n) is 5.32. The number of hydrogen-bond donors (Lipinski definition) is 1. The first-order valence-electron chi connectivity index (χ1n) is 7.30. The van der Waals surface area contributed by atoms with Crippen molar-refractivity contribution in [3.05, 3.63) is 11.6 Å². The molecule has 1 atom stereocenters. The fraction of sp³-hybridized carbons (Fsp3) is 0.615. The molecule has 25 heavy (non-hydrogen) atoms. The molecule has 0 spiro atoms. The van der Waals surface area contributed by atoms with Crippen LogP contribution in [0.2, 0.25) is 0 Å². The van der Waals surface area contributed by atoms with Crippen LogP contribution >= 0.6 is 11.3 Å². The van der Waals surface area contributed by atoms with Crippen LogP contribution in [-0.4, -0.2) is 66.1 Å². The summed E-state index contributed by atoms with van der Waals surface area (Å²) in [4.78, 5) is 0. The van der Waals surface area contributed by atoms with E-state index >= 15 is 0 Å². The van der Waals surface area contributed by atoms with Gasteiger partial charge in [-0.2, -0.15) is 12.7 Å². The van der Waals surface area contributed by atoms with Crippen LogP contribution in [0.25, 0.3) is 0 Å². The highest BCUT2D eigenvalue weighted by molar-refractivity contribution is 7.94. The molecule has 1 aromatic rings. The van der Waals surface area contributed by atoms with E-state index in [-0.39, 0.29) is 33.0 Å². The number of aliphatic hydroxyl groups excluding tert-OH is 1. The van der Waals surface area contributed by atoms with Gasteiger partial charge in [-0.1, -0.05) is 0 Å². The smallest absolute Gasteiger partial charge is 0.294 e. The summed E-state index contributed by atoms with van der Waals surface area (Å²) in [5.74, 6) is -0.0732. The molecule has 1 aromatic heterocycles. The number of ether oxygens (including phenoxy) is 2. The van der Waals surface area contributed by atoms with E-state index in [2.05, 4.69) is 4.40 Å². The summed E-state index contributed by atoms with van der Waals surface area (Å²) >= 11 is 0.577. The molecule has 0 aromatic carbocycles. The molecule has 1 aliphatic rings. The van der Waals surface area contributed by atoms with Gasteiger partial charge in [0, 0.05) is 39.3 Å². The summed E-state index contributed by atoms with van der Waals surface area (Å²) in [5, 5.41) is 10.2. The van der Waals surface area contributed by atoms with Crippen molar-refractivity contribution in [3.63, 3.8) is 0 Å². The molecule has 0 radical (unpaired) electrons. The fourth-order valence-corrected chi connectivity index (χ4v) is 7.12. The van der Waals surface area contributed by atoms with Gasteiger partial charge in [0.2, 0.25) is 0 Å². The quantitative estimate of drug-likeness (QED) is 0.412. The molecule has 1 aliphatic heterocycles. The molecular formula is C13H20N2O7S3.